The quantitative estimate of drug-likeness (QED) is 0.542. The zero-order chi connectivity index (χ0) is 12.0. The molecule has 88 valence electrons. The van der Waals surface area contributed by atoms with Crippen molar-refractivity contribution in [1.29, 1.82) is 0 Å². The summed E-state index contributed by atoms with van der Waals surface area (Å²) in [5.74, 6) is 1.43. The molecule has 1 aromatic rings. The Hall–Kier alpha value is -1.53. The minimum atomic E-state index is 0.165. The summed E-state index contributed by atoms with van der Waals surface area (Å²) in [6.45, 7) is 0.458. The molecule has 0 saturated carbocycles. The third-order valence-corrected chi connectivity index (χ3v) is 2.27. The lowest BCUT2D eigenvalue weighted by molar-refractivity contribution is 0.232. The molecule has 0 bridgehead atoms. The highest BCUT2D eigenvalue weighted by molar-refractivity contribution is 7.80. The molecule has 0 unspecified atom stereocenters. The van der Waals surface area contributed by atoms with Crippen LogP contribution in [0.1, 0.15) is 5.56 Å². The molecule has 16 heavy (non-hydrogen) atoms. The minimum Gasteiger partial charge on any atom is -0.497 e. The van der Waals surface area contributed by atoms with Crippen molar-refractivity contribution >= 4 is 17.3 Å². The molecule has 0 amide bonds. The highest BCUT2D eigenvalue weighted by atomic mass is 32.1. The molecular weight excluding hydrogens is 228 g/mol. The van der Waals surface area contributed by atoms with Gasteiger partial charge in [-0.1, -0.05) is 0 Å². The molecule has 1 aromatic carbocycles. The lowest BCUT2D eigenvalue weighted by Gasteiger charge is -2.11. The van der Waals surface area contributed by atoms with Crippen LogP contribution in [-0.2, 0) is 6.54 Å². The predicted molar refractivity (Wildman–Crippen MR) is 63.9 cm³/mol. The Morgan fingerprint density at radius 1 is 1.38 bits per heavy atom. The Labute approximate surface area is 99.3 Å². The highest BCUT2D eigenvalue weighted by Crippen LogP contribution is 2.24. The maximum Gasteiger partial charge on any atom is 0.190 e. The standard InChI is InChI=1S/C10H14N2O3S/c1-14-8-4-3-7(9(5-8)15-2)6-11-10(16)12-13/h3-5,13H,6H2,1-2H3,(H2,11,12,16). The fraction of sp³-hybridized carbons (Fsp3) is 0.300. The molecule has 0 atom stereocenters. The number of ether oxygens (including phenoxy) is 2. The van der Waals surface area contributed by atoms with Crippen molar-refractivity contribution in [3.05, 3.63) is 23.8 Å². The molecule has 0 aliphatic heterocycles. The van der Waals surface area contributed by atoms with Gasteiger partial charge in [0, 0.05) is 18.2 Å². The SMILES string of the molecule is COc1ccc(CNC(=S)NO)c(OC)c1. The second-order valence-electron chi connectivity index (χ2n) is 2.97. The van der Waals surface area contributed by atoms with Gasteiger partial charge in [-0.15, -0.1) is 0 Å². The summed E-state index contributed by atoms with van der Waals surface area (Å²) in [5.41, 5.74) is 2.77. The maximum atomic E-state index is 8.52. The second-order valence-corrected chi connectivity index (χ2v) is 3.38. The first-order valence-electron chi connectivity index (χ1n) is 4.60. The summed E-state index contributed by atoms with van der Waals surface area (Å²) >= 11 is 4.74. The lowest BCUT2D eigenvalue weighted by Crippen LogP contribution is -2.32. The van der Waals surface area contributed by atoms with E-state index in [1.807, 2.05) is 17.6 Å². The summed E-state index contributed by atoms with van der Waals surface area (Å²) in [4.78, 5) is 0. The molecule has 5 nitrogen and oxygen atoms in total. The van der Waals surface area contributed by atoms with Crippen LogP contribution in [0.4, 0.5) is 0 Å². The van der Waals surface area contributed by atoms with Gasteiger partial charge in [-0.3, -0.25) is 5.21 Å². The number of methoxy groups -OCH3 is 2. The van der Waals surface area contributed by atoms with Crippen molar-refractivity contribution in [3.8, 4) is 11.5 Å². The Kier molecular flexibility index (Phi) is 4.81. The van der Waals surface area contributed by atoms with Gasteiger partial charge in [-0.05, 0) is 24.4 Å². The summed E-state index contributed by atoms with van der Waals surface area (Å²) in [6, 6.07) is 5.48. The van der Waals surface area contributed by atoms with Crippen LogP contribution >= 0.6 is 12.2 Å². The normalized spacial score (nSPS) is 9.44. The fourth-order valence-corrected chi connectivity index (χ4v) is 1.29. The van der Waals surface area contributed by atoms with Crippen molar-refractivity contribution in [2.75, 3.05) is 14.2 Å². The third-order valence-electron chi connectivity index (χ3n) is 2.04. The monoisotopic (exact) mass is 242 g/mol. The Morgan fingerprint density at radius 3 is 2.69 bits per heavy atom. The van der Waals surface area contributed by atoms with Gasteiger partial charge in [0.25, 0.3) is 0 Å². The van der Waals surface area contributed by atoms with Crippen LogP contribution in [0, 0.1) is 0 Å². The summed E-state index contributed by atoms with van der Waals surface area (Å²) in [5, 5.41) is 11.5. The molecule has 0 spiro atoms. The highest BCUT2D eigenvalue weighted by Gasteiger charge is 2.05. The van der Waals surface area contributed by atoms with Crippen molar-refractivity contribution in [2.24, 2.45) is 0 Å². The smallest absolute Gasteiger partial charge is 0.190 e. The van der Waals surface area contributed by atoms with Gasteiger partial charge in [0.15, 0.2) is 5.11 Å². The van der Waals surface area contributed by atoms with Gasteiger partial charge in [-0.2, -0.15) is 0 Å². The molecule has 1 rings (SSSR count). The van der Waals surface area contributed by atoms with Gasteiger partial charge >= 0.3 is 0 Å². The van der Waals surface area contributed by atoms with E-state index in [2.05, 4.69) is 5.32 Å². The maximum absolute atomic E-state index is 8.52. The van der Waals surface area contributed by atoms with Gasteiger partial charge < -0.3 is 14.8 Å². The first-order valence-corrected chi connectivity index (χ1v) is 5.01. The molecule has 0 aliphatic rings. The fourth-order valence-electron chi connectivity index (χ4n) is 1.21. The zero-order valence-corrected chi connectivity index (χ0v) is 9.93. The van der Waals surface area contributed by atoms with E-state index in [0.29, 0.717) is 12.3 Å². The first kappa shape index (κ1) is 12.5. The van der Waals surface area contributed by atoms with Crippen LogP contribution in [0.5, 0.6) is 11.5 Å². The van der Waals surface area contributed by atoms with Crippen molar-refractivity contribution in [2.45, 2.75) is 6.54 Å². The Balaban J connectivity index is 2.75. The van der Waals surface area contributed by atoms with E-state index in [1.165, 1.54) is 0 Å². The van der Waals surface area contributed by atoms with E-state index in [-0.39, 0.29) is 5.11 Å². The van der Waals surface area contributed by atoms with E-state index >= 15 is 0 Å². The van der Waals surface area contributed by atoms with Crippen LogP contribution in [0.2, 0.25) is 0 Å². The van der Waals surface area contributed by atoms with E-state index in [9.17, 15) is 0 Å². The van der Waals surface area contributed by atoms with Gasteiger partial charge in [0.05, 0.1) is 14.2 Å². The molecule has 0 aliphatic carbocycles. The summed E-state index contributed by atoms with van der Waals surface area (Å²) in [7, 11) is 3.18. The number of benzene rings is 1. The van der Waals surface area contributed by atoms with Crippen LogP contribution in [0.15, 0.2) is 18.2 Å². The molecule has 0 fully saturated rings. The third kappa shape index (κ3) is 3.25. The largest absolute Gasteiger partial charge is 0.497 e. The van der Waals surface area contributed by atoms with Crippen molar-refractivity contribution in [1.82, 2.24) is 10.8 Å². The number of hydrogen-bond acceptors (Lipinski definition) is 4. The average Bonchev–Trinajstić information content (AvgIpc) is 2.35. The van der Waals surface area contributed by atoms with Crippen molar-refractivity contribution in [3.63, 3.8) is 0 Å². The molecule has 0 aromatic heterocycles. The second kappa shape index (κ2) is 6.14. The van der Waals surface area contributed by atoms with E-state index in [1.54, 1.807) is 20.3 Å². The summed E-state index contributed by atoms with van der Waals surface area (Å²) < 4.78 is 10.3. The number of hydroxylamine groups is 1. The number of nitrogens with one attached hydrogen (secondary N) is 2. The van der Waals surface area contributed by atoms with Gasteiger partial charge in [0.1, 0.15) is 11.5 Å². The van der Waals surface area contributed by atoms with Crippen LogP contribution in [-0.4, -0.2) is 24.5 Å². The van der Waals surface area contributed by atoms with Crippen LogP contribution in [0.3, 0.4) is 0 Å². The first-order chi connectivity index (χ1) is 7.71. The topological polar surface area (TPSA) is 62.8 Å². The number of thiocarbonyl (C=S) groups is 1. The Bertz CT molecular complexity index is 371. The lowest BCUT2D eigenvalue weighted by atomic mass is 10.2. The average molecular weight is 242 g/mol. The van der Waals surface area contributed by atoms with E-state index in [0.717, 1.165) is 11.3 Å². The predicted octanol–water partition coefficient (Wildman–Crippen LogP) is 1.06. The van der Waals surface area contributed by atoms with Crippen LogP contribution < -0.4 is 20.3 Å². The van der Waals surface area contributed by atoms with Crippen molar-refractivity contribution < 1.29 is 14.7 Å². The van der Waals surface area contributed by atoms with Crippen LogP contribution in [0.25, 0.3) is 0 Å². The number of rotatable bonds is 4. The molecule has 0 radical (unpaired) electrons. The van der Waals surface area contributed by atoms with E-state index in [4.69, 9.17) is 26.9 Å². The molecule has 3 N–H and O–H groups in total. The van der Waals surface area contributed by atoms with E-state index < -0.39 is 0 Å². The molecular formula is C10H14N2O3S. The molecule has 0 saturated heterocycles. The number of hydrogen-bond donors (Lipinski definition) is 3. The molecule has 0 heterocycles. The van der Waals surface area contributed by atoms with Gasteiger partial charge in [0.2, 0.25) is 0 Å². The zero-order valence-electron chi connectivity index (χ0n) is 9.11. The van der Waals surface area contributed by atoms with Gasteiger partial charge in [-0.25, -0.2) is 5.48 Å². The summed E-state index contributed by atoms with van der Waals surface area (Å²) in [6.07, 6.45) is 0. The Morgan fingerprint density at radius 2 is 2.12 bits per heavy atom. The molecule has 6 heteroatoms. The minimum absolute atomic E-state index is 0.165.